The number of nitrogens with one attached hydrogen (secondary N) is 1. The molecule has 0 spiro atoms. The molecule has 2 atom stereocenters. The summed E-state index contributed by atoms with van der Waals surface area (Å²) in [5, 5.41) is 12.6. The second-order valence-electron chi connectivity index (χ2n) is 5.10. The summed E-state index contributed by atoms with van der Waals surface area (Å²) in [5.74, 6) is 0.0715. The maximum atomic E-state index is 11.8. The van der Waals surface area contributed by atoms with Crippen LogP contribution in [-0.2, 0) is 11.2 Å². The Hall–Kier alpha value is -1.06. The topological polar surface area (TPSA) is 49.3 Å². The molecular formula is C15H22ClNO2. The minimum atomic E-state index is -0.0147. The first kappa shape index (κ1) is 16.0. The van der Waals surface area contributed by atoms with E-state index in [9.17, 15) is 4.79 Å². The monoisotopic (exact) mass is 283 g/mol. The van der Waals surface area contributed by atoms with E-state index in [0.717, 1.165) is 16.1 Å². The quantitative estimate of drug-likeness (QED) is 0.843. The second-order valence-corrected chi connectivity index (χ2v) is 5.51. The lowest BCUT2D eigenvalue weighted by Crippen LogP contribution is -2.38. The van der Waals surface area contributed by atoms with Crippen molar-refractivity contribution in [3.05, 3.63) is 34.3 Å². The van der Waals surface area contributed by atoms with Gasteiger partial charge in [0.1, 0.15) is 0 Å². The van der Waals surface area contributed by atoms with Crippen LogP contribution in [0.2, 0.25) is 5.02 Å². The Balaban J connectivity index is 2.43. The van der Waals surface area contributed by atoms with Gasteiger partial charge in [-0.2, -0.15) is 0 Å². The molecule has 0 aromatic heterocycles. The molecule has 1 aromatic rings. The molecule has 0 saturated carbocycles. The van der Waals surface area contributed by atoms with Crippen LogP contribution in [0.15, 0.2) is 18.2 Å². The molecule has 2 unspecified atom stereocenters. The highest BCUT2D eigenvalue weighted by Crippen LogP contribution is 2.17. The van der Waals surface area contributed by atoms with Crippen LogP contribution in [0.4, 0.5) is 0 Å². The molecule has 2 N–H and O–H groups in total. The van der Waals surface area contributed by atoms with E-state index in [2.05, 4.69) is 5.32 Å². The number of carbonyl (C=O) groups is 1. The van der Waals surface area contributed by atoms with E-state index in [-0.39, 0.29) is 24.5 Å². The number of aliphatic hydroxyl groups excluding tert-OH is 1. The molecule has 0 fully saturated rings. The molecule has 0 radical (unpaired) electrons. The molecule has 0 aliphatic carbocycles. The molecule has 3 nitrogen and oxygen atoms in total. The van der Waals surface area contributed by atoms with Crippen molar-refractivity contribution >= 4 is 17.5 Å². The maximum Gasteiger partial charge on any atom is 0.220 e. The molecule has 0 heterocycles. The van der Waals surface area contributed by atoms with Gasteiger partial charge in [0.05, 0.1) is 0 Å². The first-order valence-corrected chi connectivity index (χ1v) is 6.97. The van der Waals surface area contributed by atoms with Crippen LogP contribution in [0.3, 0.4) is 0 Å². The fraction of sp³-hybridized carbons (Fsp3) is 0.533. The lowest BCUT2D eigenvalue weighted by atomic mass is 10.0. The first-order valence-electron chi connectivity index (χ1n) is 6.59. The van der Waals surface area contributed by atoms with Crippen molar-refractivity contribution in [1.82, 2.24) is 5.32 Å². The number of amides is 1. The molecule has 0 saturated heterocycles. The van der Waals surface area contributed by atoms with E-state index in [1.54, 1.807) is 0 Å². The average molecular weight is 284 g/mol. The normalized spacial score (nSPS) is 13.9. The number of hydrogen-bond donors (Lipinski definition) is 2. The van der Waals surface area contributed by atoms with Crippen molar-refractivity contribution in [1.29, 1.82) is 0 Å². The summed E-state index contributed by atoms with van der Waals surface area (Å²) >= 11 is 6.05. The van der Waals surface area contributed by atoms with Crippen molar-refractivity contribution in [2.24, 2.45) is 5.92 Å². The Morgan fingerprint density at radius 3 is 2.68 bits per heavy atom. The van der Waals surface area contributed by atoms with E-state index in [0.29, 0.717) is 12.8 Å². The standard InChI is InChI=1S/C15H22ClNO2/c1-10-4-5-13(8-14(10)16)6-7-15(19)17-12(3)11(2)9-18/h4-5,8,11-12,18H,6-7,9H2,1-3H3,(H,17,19). The summed E-state index contributed by atoms with van der Waals surface area (Å²) in [5.41, 5.74) is 2.11. The molecule has 106 valence electrons. The van der Waals surface area contributed by atoms with Crippen LogP contribution >= 0.6 is 11.6 Å². The number of aryl methyl sites for hydroxylation is 2. The highest BCUT2D eigenvalue weighted by Gasteiger charge is 2.13. The van der Waals surface area contributed by atoms with Crippen LogP contribution in [0.5, 0.6) is 0 Å². The zero-order valence-corrected chi connectivity index (χ0v) is 12.5. The third-order valence-electron chi connectivity index (χ3n) is 3.41. The van der Waals surface area contributed by atoms with Crippen LogP contribution < -0.4 is 5.32 Å². The number of hydrogen-bond acceptors (Lipinski definition) is 2. The van der Waals surface area contributed by atoms with Crippen molar-refractivity contribution < 1.29 is 9.90 Å². The lowest BCUT2D eigenvalue weighted by molar-refractivity contribution is -0.122. The third-order valence-corrected chi connectivity index (χ3v) is 3.81. The van der Waals surface area contributed by atoms with Crippen molar-refractivity contribution in [3.8, 4) is 0 Å². The van der Waals surface area contributed by atoms with Gasteiger partial charge < -0.3 is 10.4 Å². The Bertz CT molecular complexity index is 434. The van der Waals surface area contributed by atoms with E-state index in [1.165, 1.54) is 0 Å². The summed E-state index contributed by atoms with van der Waals surface area (Å²) in [7, 11) is 0. The maximum absolute atomic E-state index is 11.8. The smallest absolute Gasteiger partial charge is 0.220 e. The predicted octanol–water partition coefficient (Wildman–Crippen LogP) is 2.71. The highest BCUT2D eigenvalue weighted by molar-refractivity contribution is 6.31. The minimum Gasteiger partial charge on any atom is -0.396 e. The van der Waals surface area contributed by atoms with Gasteiger partial charge in [0.25, 0.3) is 0 Å². The van der Waals surface area contributed by atoms with Crippen LogP contribution in [0.25, 0.3) is 0 Å². The summed E-state index contributed by atoms with van der Waals surface area (Å²) in [6.07, 6.45) is 1.11. The summed E-state index contributed by atoms with van der Waals surface area (Å²) in [6.45, 7) is 5.85. The molecular weight excluding hydrogens is 262 g/mol. The number of rotatable bonds is 6. The minimum absolute atomic E-state index is 0.00416. The van der Waals surface area contributed by atoms with E-state index >= 15 is 0 Å². The van der Waals surface area contributed by atoms with E-state index in [1.807, 2.05) is 39.0 Å². The average Bonchev–Trinajstić information content (AvgIpc) is 2.39. The molecule has 0 aliphatic heterocycles. The molecule has 1 rings (SSSR count). The lowest BCUT2D eigenvalue weighted by Gasteiger charge is -2.19. The zero-order valence-electron chi connectivity index (χ0n) is 11.7. The van der Waals surface area contributed by atoms with Gasteiger partial charge in [-0.1, -0.05) is 30.7 Å². The first-order chi connectivity index (χ1) is 8.93. The van der Waals surface area contributed by atoms with Gasteiger partial charge in [-0.05, 0) is 43.4 Å². The largest absolute Gasteiger partial charge is 0.396 e. The molecule has 1 amide bonds. The fourth-order valence-corrected chi connectivity index (χ4v) is 1.88. The van der Waals surface area contributed by atoms with Gasteiger partial charge in [0.15, 0.2) is 0 Å². The van der Waals surface area contributed by atoms with Gasteiger partial charge in [-0.15, -0.1) is 0 Å². The van der Waals surface area contributed by atoms with Crippen LogP contribution in [-0.4, -0.2) is 23.7 Å². The predicted molar refractivity (Wildman–Crippen MR) is 78.4 cm³/mol. The van der Waals surface area contributed by atoms with Crippen molar-refractivity contribution in [2.75, 3.05) is 6.61 Å². The highest BCUT2D eigenvalue weighted by atomic mass is 35.5. The van der Waals surface area contributed by atoms with Gasteiger partial charge in [-0.3, -0.25) is 4.79 Å². The van der Waals surface area contributed by atoms with E-state index in [4.69, 9.17) is 16.7 Å². The van der Waals surface area contributed by atoms with Crippen LogP contribution in [0.1, 0.15) is 31.4 Å². The third kappa shape index (κ3) is 5.21. The van der Waals surface area contributed by atoms with E-state index < -0.39 is 0 Å². The molecule has 0 aliphatic rings. The van der Waals surface area contributed by atoms with Crippen molar-refractivity contribution in [2.45, 2.75) is 39.7 Å². The molecule has 1 aromatic carbocycles. The fourth-order valence-electron chi connectivity index (χ4n) is 1.68. The summed E-state index contributed by atoms with van der Waals surface area (Å²) in [6, 6.07) is 5.85. The Morgan fingerprint density at radius 1 is 1.42 bits per heavy atom. The van der Waals surface area contributed by atoms with Crippen LogP contribution in [0, 0.1) is 12.8 Å². The second kappa shape index (κ2) is 7.51. The molecule has 19 heavy (non-hydrogen) atoms. The number of aliphatic hydroxyl groups is 1. The number of benzene rings is 1. The summed E-state index contributed by atoms with van der Waals surface area (Å²) in [4.78, 5) is 11.8. The zero-order chi connectivity index (χ0) is 14.4. The Morgan fingerprint density at radius 2 is 2.11 bits per heavy atom. The Kier molecular flexibility index (Phi) is 6.32. The van der Waals surface area contributed by atoms with Gasteiger partial charge >= 0.3 is 0 Å². The van der Waals surface area contributed by atoms with Gasteiger partial charge in [-0.25, -0.2) is 0 Å². The van der Waals surface area contributed by atoms with Crippen molar-refractivity contribution in [3.63, 3.8) is 0 Å². The SMILES string of the molecule is Cc1ccc(CCC(=O)NC(C)C(C)CO)cc1Cl. The molecule has 4 heteroatoms. The number of halogens is 1. The van der Waals surface area contributed by atoms with Gasteiger partial charge in [0, 0.05) is 24.1 Å². The van der Waals surface area contributed by atoms with Gasteiger partial charge in [0.2, 0.25) is 5.91 Å². The summed E-state index contributed by atoms with van der Waals surface area (Å²) < 4.78 is 0. The molecule has 0 bridgehead atoms. The number of carbonyl (C=O) groups excluding carboxylic acids is 1. The Labute approximate surface area is 120 Å².